The van der Waals surface area contributed by atoms with Crippen LogP contribution in [-0.2, 0) is 17.8 Å². The summed E-state index contributed by atoms with van der Waals surface area (Å²) in [4.78, 5) is 20.9. The van der Waals surface area contributed by atoms with Crippen molar-refractivity contribution < 1.29 is 4.21 Å². The van der Waals surface area contributed by atoms with Crippen LogP contribution in [0.15, 0.2) is 23.3 Å². The first kappa shape index (κ1) is 13.9. The molecule has 1 aliphatic rings. The smallest absolute Gasteiger partial charge is 0.259 e. The molecule has 0 saturated carbocycles. The molecule has 7 heteroatoms. The first-order valence-corrected chi connectivity index (χ1v) is 8.17. The summed E-state index contributed by atoms with van der Waals surface area (Å²) in [5.41, 5.74) is 2.13. The van der Waals surface area contributed by atoms with Crippen molar-refractivity contribution in [3.8, 4) is 0 Å². The number of anilines is 1. The number of hydrogen-bond acceptors (Lipinski definition) is 5. The van der Waals surface area contributed by atoms with E-state index in [1.807, 2.05) is 12.1 Å². The average molecular weight is 304 g/mol. The molecule has 2 aromatic heterocycles. The minimum absolute atomic E-state index is 0.0813. The summed E-state index contributed by atoms with van der Waals surface area (Å²) in [5, 5.41) is 3.83. The van der Waals surface area contributed by atoms with Gasteiger partial charge in [0.15, 0.2) is 0 Å². The molecule has 3 rings (SSSR count). The van der Waals surface area contributed by atoms with Crippen LogP contribution in [0, 0.1) is 0 Å². The number of rotatable bonds is 2. The molecule has 0 aromatic carbocycles. The van der Waals surface area contributed by atoms with Gasteiger partial charge < -0.3 is 5.32 Å². The van der Waals surface area contributed by atoms with E-state index in [1.165, 1.54) is 6.33 Å². The third-order valence-electron chi connectivity index (χ3n) is 3.70. The second-order valence-corrected chi connectivity index (χ2v) is 6.54. The lowest BCUT2D eigenvalue weighted by Gasteiger charge is -2.15. The second-order valence-electron chi connectivity index (χ2n) is 4.92. The van der Waals surface area contributed by atoms with Crippen LogP contribution in [0.4, 0.5) is 5.82 Å². The molecule has 0 aliphatic carbocycles. The minimum Gasteiger partial charge on any atom is -0.372 e. The molecule has 0 amide bonds. The van der Waals surface area contributed by atoms with Gasteiger partial charge in [-0.2, -0.15) is 0 Å². The Hall–Kier alpha value is -2.02. The Morgan fingerprint density at radius 3 is 2.86 bits per heavy atom. The summed E-state index contributed by atoms with van der Waals surface area (Å²) >= 11 is 0. The zero-order chi connectivity index (χ0) is 15.0. The highest BCUT2D eigenvalue weighted by molar-refractivity contribution is 7.85. The number of nitrogens with zero attached hydrogens (tertiary/aromatic N) is 3. The van der Waals surface area contributed by atoms with Crippen LogP contribution < -0.4 is 10.9 Å². The summed E-state index contributed by atoms with van der Waals surface area (Å²) in [7, 11) is 2.70. The third kappa shape index (κ3) is 2.37. The molecule has 21 heavy (non-hydrogen) atoms. The molecule has 1 unspecified atom stereocenters. The quantitative estimate of drug-likeness (QED) is 0.892. The Kier molecular flexibility index (Phi) is 3.59. The molecule has 0 spiro atoms. The molecule has 110 valence electrons. The molecule has 2 aromatic rings. The lowest BCUT2D eigenvalue weighted by Crippen LogP contribution is -2.23. The van der Waals surface area contributed by atoms with Crippen molar-refractivity contribution in [3.05, 3.63) is 34.4 Å². The van der Waals surface area contributed by atoms with Crippen LogP contribution in [0.3, 0.4) is 0 Å². The van der Waals surface area contributed by atoms with E-state index in [1.54, 1.807) is 18.7 Å². The largest absolute Gasteiger partial charge is 0.372 e. The zero-order valence-electron chi connectivity index (χ0n) is 11.9. The van der Waals surface area contributed by atoms with Crippen molar-refractivity contribution >= 4 is 33.2 Å². The van der Waals surface area contributed by atoms with Crippen molar-refractivity contribution in [1.29, 1.82) is 0 Å². The van der Waals surface area contributed by atoms with E-state index in [2.05, 4.69) is 15.3 Å². The molecule has 1 atom stereocenters. The number of hydrogen-bond donors (Lipinski definition) is 1. The van der Waals surface area contributed by atoms with Crippen LogP contribution in [0.5, 0.6) is 0 Å². The van der Waals surface area contributed by atoms with E-state index in [9.17, 15) is 9.00 Å². The minimum atomic E-state index is -0.802. The van der Waals surface area contributed by atoms with E-state index in [0.29, 0.717) is 35.0 Å². The molecule has 3 heterocycles. The molecule has 0 saturated heterocycles. The van der Waals surface area contributed by atoms with Gasteiger partial charge in [0, 0.05) is 42.0 Å². The first-order chi connectivity index (χ1) is 10.1. The molecule has 1 N–H and O–H groups in total. The molecule has 0 radical (unpaired) electrons. The van der Waals surface area contributed by atoms with Crippen LogP contribution in [0.25, 0.3) is 16.6 Å². The van der Waals surface area contributed by atoms with Crippen LogP contribution in [0.1, 0.15) is 12.0 Å². The van der Waals surface area contributed by atoms with Gasteiger partial charge in [-0.15, -0.1) is 0 Å². The standard InChI is InChI=1S/C14H16N4O2S/c1-15-12-11-7-10(9-3-5-21(20)6-4-9)14(19)18(2)13(11)17-8-16-12/h3,7-8H,4-6H2,1-2H3,(H,15,16,17). The molecule has 0 bridgehead atoms. The van der Waals surface area contributed by atoms with Crippen molar-refractivity contribution in [1.82, 2.24) is 14.5 Å². The predicted octanol–water partition coefficient (Wildman–Crippen LogP) is 0.906. The highest BCUT2D eigenvalue weighted by Gasteiger charge is 2.17. The predicted molar refractivity (Wildman–Crippen MR) is 84.8 cm³/mol. The maximum atomic E-state index is 12.5. The van der Waals surface area contributed by atoms with Crippen molar-refractivity contribution in [2.75, 3.05) is 23.9 Å². The highest BCUT2D eigenvalue weighted by atomic mass is 32.2. The van der Waals surface area contributed by atoms with Crippen molar-refractivity contribution in [3.63, 3.8) is 0 Å². The van der Waals surface area contributed by atoms with E-state index < -0.39 is 10.8 Å². The first-order valence-electron chi connectivity index (χ1n) is 6.68. The fourth-order valence-electron chi connectivity index (χ4n) is 2.55. The van der Waals surface area contributed by atoms with Gasteiger partial charge in [0.2, 0.25) is 0 Å². The van der Waals surface area contributed by atoms with Gasteiger partial charge in [0.1, 0.15) is 17.8 Å². The SMILES string of the molecule is CNc1ncnc2c1cc(C1=CCS(=O)CC1)c(=O)n2C. The Morgan fingerprint density at radius 2 is 2.19 bits per heavy atom. The molecular weight excluding hydrogens is 288 g/mol. The summed E-state index contributed by atoms with van der Waals surface area (Å²) in [6.45, 7) is 0. The van der Waals surface area contributed by atoms with Gasteiger partial charge in [0.25, 0.3) is 5.56 Å². The Morgan fingerprint density at radius 1 is 1.38 bits per heavy atom. The molecule has 1 aliphatic heterocycles. The molecule has 0 fully saturated rings. The van der Waals surface area contributed by atoms with Crippen LogP contribution in [0.2, 0.25) is 0 Å². The van der Waals surface area contributed by atoms with Gasteiger partial charge in [-0.25, -0.2) is 9.97 Å². The van der Waals surface area contributed by atoms with E-state index >= 15 is 0 Å². The summed E-state index contributed by atoms with van der Waals surface area (Å²) in [5.74, 6) is 1.81. The molecular formula is C14H16N4O2S. The summed E-state index contributed by atoms with van der Waals surface area (Å²) in [6, 6.07) is 1.84. The van der Waals surface area contributed by atoms with Gasteiger partial charge in [0.05, 0.1) is 5.39 Å². The maximum Gasteiger partial charge on any atom is 0.259 e. The van der Waals surface area contributed by atoms with Crippen LogP contribution >= 0.6 is 0 Å². The fourth-order valence-corrected chi connectivity index (χ4v) is 3.55. The number of nitrogens with one attached hydrogen (secondary N) is 1. The number of allylic oxidation sites excluding steroid dienone is 1. The number of aromatic nitrogens is 3. The van der Waals surface area contributed by atoms with Gasteiger partial charge in [-0.3, -0.25) is 13.6 Å². The third-order valence-corrected chi connectivity index (χ3v) is 4.90. The van der Waals surface area contributed by atoms with E-state index in [4.69, 9.17) is 0 Å². The summed E-state index contributed by atoms with van der Waals surface area (Å²) < 4.78 is 13.0. The van der Waals surface area contributed by atoms with Crippen LogP contribution in [-0.4, -0.2) is 37.3 Å². The van der Waals surface area contributed by atoms with E-state index in [-0.39, 0.29) is 5.56 Å². The zero-order valence-corrected chi connectivity index (χ0v) is 12.7. The second kappa shape index (κ2) is 5.40. The van der Waals surface area contributed by atoms with Gasteiger partial charge in [-0.05, 0) is 18.1 Å². The molecule has 6 nitrogen and oxygen atoms in total. The maximum absolute atomic E-state index is 12.5. The number of fused-ring (bicyclic) bond motifs is 1. The van der Waals surface area contributed by atoms with Crippen molar-refractivity contribution in [2.45, 2.75) is 6.42 Å². The Bertz CT molecular complexity index is 826. The van der Waals surface area contributed by atoms with E-state index in [0.717, 1.165) is 11.0 Å². The normalized spacial score (nSPS) is 18.6. The Balaban J connectivity index is 2.27. The fraction of sp³-hybridized carbons (Fsp3) is 0.357. The Labute approximate surface area is 124 Å². The topological polar surface area (TPSA) is 76.9 Å². The highest BCUT2D eigenvalue weighted by Crippen LogP contribution is 2.24. The number of aryl methyl sites for hydroxylation is 1. The van der Waals surface area contributed by atoms with Gasteiger partial charge >= 0.3 is 0 Å². The average Bonchev–Trinajstić information content (AvgIpc) is 2.51. The number of pyridine rings is 1. The monoisotopic (exact) mass is 304 g/mol. The lowest BCUT2D eigenvalue weighted by atomic mass is 10.0. The van der Waals surface area contributed by atoms with Crippen molar-refractivity contribution in [2.24, 2.45) is 7.05 Å². The summed E-state index contributed by atoms with van der Waals surface area (Å²) in [6.07, 6.45) is 4.01. The lowest BCUT2D eigenvalue weighted by molar-refractivity contribution is 0.684. The van der Waals surface area contributed by atoms with Gasteiger partial charge in [-0.1, -0.05) is 6.08 Å².